The third-order valence-electron chi connectivity index (χ3n) is 3.42. The van der Waals surface area contributed by atoms with Gasteiger partial charge in [0.2, 0.25) is 5.91 Å². The third kappa shape index (κ3) is 2.21. The van der Waals surface area contributed by atoms with E-state index in [1.54, 1.807) is 0 Å². The number of amides is 1. The Morgan fingerprint density at radius 3 is 2.47 bits per heavy atom. The van der Waals surface area contributed by atoms with Crippen molar-refractivity contribution in [2.24, 2.45) is 16.8 Å². The van der Waals surface area contributed by atoms with Crippen molar-refractivity contribution in [1.29, 1.82) is 0 Å². The molecule has 1 atom stereocenters. The number of nitrogens with zero attached hydrogens (tertiary/aromatic N) is 1. The average Bonchev–Trinajstić information content (AvgIpc) is 2.62. The molecule has 1 aliphatic heterocycles. The molecule has 1 heterocycles. The molecule has 0 aromatic rings. The summed E-state index contributed by atoms with van der Waals surface area (Å²) in [5.74, 6) is 1.90. The highest BCUT2D eigenvalue weighted by Gasteiger charge is 2.32. The molecule has 0 aromatic heterocycles. The zero-order valence-corrected chi connectivity index (χ0v) is 9.62. The SMILES string of the molecule is CC(C)C1N=C(C2CCCCC2)NC1=O. The van der Waals surface area contributed by atoms with E-state index in [4.69, 9.17) is 0 Å². The maximum Gasteiger partial charge on any atom is 0.250 e. The van der Waals surface area contributed by atoms with Crippen LogP contribution in [0.3, 0.4) is 0 Å². The van der Waals surface area contributed by atoms with Gasteiger partial charge in [0, 0.05) is 5.92 Å². The van der Waals surface area contributed by atoms with Gasteiger partial charge in [0.15, 0.2) is 0 Å². The molecule has 1 amide bonds. The van der Waals surface area contributed by atoms with Gasteiger partial charge in [-0.2, -0.15) is 0 Å². The summed E-state index contributed by atoms with van der Waals surface area (Å²) in [4.78, 5) is 16.2. The molecular weight excluding hydrogens is 188 g/mol. The molecule has 2 aliphatic rings. The Kier molecular flexibility index (Phi) is 3.08. The van der Waals surface area contributed by atoms with Crippen molar-refractivity contribution in [3.8, 4) is 0 Å². The molecule has 0 aromatic carbocycles. The number of hydrogen-bond acceptors (Lipinski definition) is 2. The molecule has 15 heavy (non-hydrogen) atoms. The van der Waals surface area contributed by atoms with Crippen molar-refractivity contribution in [3.05, 3.63) is 0 Å². The van der Waals surface area contributed by atoms with E-state index < -0.39 is 0 Å². The minimum absolute atomic E-state index is 0.102. The van der Waals surface area contributed by atoms with Gasteiger partial charge in [0.05, 0.1) is 0 Å². The molecule has 0 spiro atoms. The van der Waals surface area contributed by atoms with Gasteiger partial charge in [-0.15, -0.1) is 0 Å². The Labute approximate surface area is 91.3 Å². The van der Waals surface area contributed by atoms with Gasteiger partial charge in [-0.3, -0.25) is 9.79 Å². The number of amidine groups is 1. The molecular formula is C12H20N2O. The van der Waals surface area contributed by atoms with Crippen LogP contribution in [0.4, 0.5) is 0 Å². The van der Waals surface area contributed by atoms with E-state index in [-0.39, 0.29) is 11.9 Å². The second-order valence-corrected chi connectivity index (χ2v) is 5.03. The fourth-order valence-corrected chi connectivity index (χ4v) is 2.48. The highest BCUT2D eigenvalue weighted by atomic mass is 16.2. The normalized spacial score (nSPS) is 28.1. The van der Waals surface area contributed by atoms with Crippen molar-refractivity contribution in [2.45, 2.75) is 52.0 Å². The van der Waals surface area contributed by atoms with E-state index in [0.717, 1.165) is 5.84 Å². The fraction of sp³-hybridized carbons (Fsp3) is 0.833. The summed E-state index contributed by atoms with van der Waals surface area (Å²) in [6.07, 6.45) is 6.30. The number of aliphatic imine (C=N–C) groups is 1. The average molecular weight is 208 g/mol. The lowest BCUT2D eigenvalue weighted by atomic mass is 9.88. The van der Waals surface area contributed by atoms with E-state index in [2.05, 4.69) is 24.2 Å². The zero-order chi connectivity index (χ0) is 10.8. The van der Waals surface area contributed by atoms with Crippen molar-refractivity contribution in [1.82, 2.24) is 5.32 Å². The molecule has 1 fully saturated rings. The first kappa shape index (κ1) is 10.7. The predicted octanol–water partition coefficient (Wildman–Crippen LogP) is 2.12. The summed E-state index contributed by atoms with van der Waals surface area (Å²) in [7, 11) is 0. The van der Waals surface area contributed by atoms with Gasteiger partial charge in [-0.25, -0.2) is 0 Å². The van der Waals surface area contributed by atoms with Gasteiger partial charge in [-0.1, -0.05) is 33.1 Å². The standard InChI is InChI=1S/C12H20N2O/c1-8(2)10-12(15)14-11(13-10)9-6-4-3-5-7-9/h8-10H,3-7H2,1-2H3,(H,13,14,15). The summed E-state index contributed by atoms with van der Waals surface area (Å²) in [6.45, 7) is 4.11. The maximum atomic E-state index is 11.6. The quantitative estimate of drug-likeness (QED) is 0.742. The van der Waals surface area contributed by atoms with Crippen LogP contribution < -0.4 is 5.32 Å². The molecule has 3 nitrogen and oxygen atoms in total. The Balaban J connectivity index is 2.04. The van der Waals surface area contributed by atoms with Crippen LogP contribution in [0, 0.1) is 11.8 Å². The first-order chi connectivity index (χ1) is 7.18. The molecule has 1 unspecified atom stereocenters. The lowest BCUT2D eigenvalue weighted by molar-refractivity contribution is -0.120. The molecule has 1 N–H and O–H groups in total. The van der Waals surface area contributed by atoms with E-state index in [1.165, 1.54) is 32.1 Å². The molecule has 2 rings (SSSR count). The number of rotatable bonds is 2. The van der Waals surface area contributed by atoms with Gasteiger partial charge in [-0.05, 0) is 18.8 Å². The summed E-state index contributed by atoms with van der Waals surface area (Å²) in [6, 6.07) is -0.137. The van der Waals surface area contributed by atoms with Crippen LogP contribution >= 0.6 is 0 Å². The van der Waals surface area contributed by atoms with Crippen LogP contribution in [0.1, 0.15) is 46.0 Å². The van der Waals surface area contributed by atoms with Gasteiger partial charge < -0.3 is 5.32 Å². The topological polar surface area (TPSA) is 41.5 Å². The third-order valence-corrected chi connectivity index (χ3v) is 3.42. The molecule has 1 aliphatic carbocycles. The van der Waals surface area contributed by atoms with Crippen LogP contribution in [0.25, 0.3) is 0 Å². The molecule has 84 valence electrons. The Hall–Kier alpha value is -0.860. The van der Waals surface area contributed by atoms with E-state index in [0.29, 0.717) is 11.8 Å². The van der Waals surface area contributed by atoms with E-state index >= 15 is 0 Å². The van der Waals surface area contributed by atoms with Crippen LogP contribution in [0.2, 0.25) is 0 Å². The number of carbonyl (C=O) groups is 1. The van der Waals surface area contributed by atoms with Crippen LogP contribution in [0.5, 0.6) is 0 Å². The van der Waals surface area contributed by atoms with Gasteiger partial charge >= 0.3 is 0 Å². The molecule has 0 radical (unpaired) electrons. The van der Waals surface area contributed by atoms with Gasteiger partial charge in [0.25, 0.3) is 0 Å². The largest absolute Gasteiger partial charge is 0.312 e. The number of carbonyl (C=O) groups excluding carboxylic acids is 1. The zero-order valence-electron chi connectivity index (χ0n) is 9.62. The highest BCUT2D eigenvalue weighted by Crippen LogP contribution is 2.26. The summed E-state index contributed by atoms with van der Waals surface area (Å²) in [5.41, 5.74) is 0. The second-order valence-electron chi connectivity index (χ2n) is 5.03. The predicted molar refractivity (Wildman–Crippen MR) is 60.8 cm³/mol. The number of hydrogen-bond donors (Lipinski definition) is 1. The van der Waals surface area contributed by atoms with Crippen LogP contribution in [-0.2, 0) is 4.79 Å². The van der Waals surface area contributed by atoms with Crippen molar-refractivity contribution in [3.63, 3.8) is 0 Å². The van der Waals surface area contributed by atoms with Crippen molar-refractivity contribution in [2.75, 3.05) is 0 Å². The molecule has 0 bridgehead atoms. The Bertz CT molecular complexity index is 277. The first-order valence-electron chi connectivity index (χ1n) is 6.07. The Morgan fingerprint density at radius 2 is 1.93 bits per heavy atom. The van der Waals surface area contributed by atoms with E-state index in [1.807, 2.05) is 0 Å². The lowest BCUT2D eigenvalue weighted by Gasteiger charge is -2.20. The highest BCUT2D eigenvalue weighted by molar-refractivity contribution is 6.06. The molecule has 3 heteroatoms. The van der Waals surface area contributed by atoms with E-state index in [9.17, 15) is 4.79 Å². The van der Waals surface area contributed by atoms with Crippen LogP contribution in [0.15, 0.2) is 4.99 Å². The van der Waals surface area contributed by atoms with Crippen molar-refractivity contribution >= 4 is 11.7 Å². The maximum absolute atomic E-state index is 11.6. The minimum Gasteiger partial charge on any atom is -0.312 e. The summed E-state index contributed by atoms with van der Waals surface area (Å²) >= 11 is 0. The smallest absolute Gasteiger partial charge is 0.250 e. The first-order valence-corrected chi connectivity index (χ1v) is 6.07. The van der Waals surface area contributed by atoms with Crippen LogP contribution in [-0.4, -0.2) is 17.8 Å². The van der Waals surface area contributed by atoms with Crippen molar-refractivity contribution < 1.29 is 4.79 Å². The molecule has 1 saturated carbocycles. The fourth-order valence-electron chi connectivity index (χ4n) is 2.48. The van der Waals surface area contributed by atoms with Gasteiger partial charge in [0.1, 0.15) is 11.9 Å². The lowest BCUT2D eigenvalue weighted by Crippen LogP contribution is -2.34. The minimum atomic E-state index is -0.137. The Morgan fingerprint density at radius 1 is 1.27 bits per heavy atom. The monoisotopic (exact) mass is 208 g/mol. The summed E-state index contributed by atoms with van der Waals surface area (Å²) in [5, 5.41) is 2.97. The second kappa shape index (κ2) is 4.33. The molecule has 0 saturated heterocycles. The number of nitrogens with one attached hydrogen (secondary N) is 1. The summed E-state index contributed by atoms with van der Waals surface area (Å²) < 4.78 is 0.